The van der Waals surface area contributed by atoms with Gasteiger partial charge in [0.15, 0.2) is 5.79 Å². The summed E-state index contributed by atoms with van der Waals surface area (Å²) in [5.41, 5.74) is 3.97. The average molecular weight is 261 g/mol. The van der Waals surface area contributed by atoms with Gasteiger partial charge in [-0.3, -0.25) is 4.98 Å². The fourth-order valence-corrected chi connectivity index (χ4v) is 2.97. The second-order valence-corrected chi connectivity index (χ2v) is 6.72. The Morgan fingerprint density at radius 2 is 1.95 bits per heavy atom. The van der Waals surface area contributed by atoms with Gasteiger partial charge in [-0.15, -0.1) is 0 Å². The van der Waals surface area contributed by atoms with Crippen LogP contribution in [-0.4, -0.2) is 24.0 Å². The van der Waals surface area contributed by atoms with E-state index in [1.807, 2.05) is 6.20 Å². The Kier molecular flexibility index (Phi) is 3.14. The topological polar surface area (TPSA) is 31.4 Å². The lowest BCUT2D eigenvalue weighted by Crippen LogP contribution is -2.32. The highest BCUT2D eigenvalue weighted by atomic mass is 16.7. The van der Waals surface area contributed by atoms with Crippen molar-refractivity contribution in [3.8, 4) is 0 Å². The van der Waals surface area contributed by atoms with Crippen LogP contribution >= 0.6 is 0 Å². The van der Waals surface area contributed by atoms with Gasteiger partial charge >= 0.3 is 0 Å². The highest BCUT2D eigenvalue weighted by molar-refractivity contribution is 5.31. The number of fused-ring (bicyclic) bond motifs is 1. The Balaban J connectivity index is 1.96. The lowest BCUT2D eigenvalue weighted by atomic mass is 9.86. The summed E-state index contributed by atoms with van der Waals surface area (Å²) >= 11 is 0. The number of pyridine rings is 1. The van der Waals surface area contributed by atoms with Gasteiger partial charge in [0.25, 0.3) is 0 Å². The van der Waals surface area contributed by atoms with Crippen LogP contribution in [0.5, 0.6) is 0 Å². The van der Waals surface area contributed by atoms with Gasteiger partial charge in [0.1, 0.15) is 0 Å². The molecule has 2 heterocycles. The molecule has 104 valence electrons. The number of ether oxygens (including phenoxy) is 2. The summed E-state index contributed by atoms with van der Waals surface area (Å²) in [6.07, 6.45) is 5.99. The molecule has 0 amide bonds. The minimum atomic E-state index is -0.372. The molecular weight excluding hydrogens is 238 g/mol. The molecule has 3 rings (SSSR count). The van der Waals surface area contributed by atoms with E-state index in [1.165, 1.54) is 16.8 Å². The van der Waals surface area contributed by atoms with Gasteiger partial charge in [0.05, 0.1) is 13.2 Å². The first-order valence-electron chi connectivity index (χ1n) is 7.25. The lowest BCUT2D eigenvalue weighted by molar-refractivity contribution is -0.160. The van der Waals surface area contributed by atoms with E-state index < -0.39 is 0 Å². The van der Waals surface area contributed by atoms with Gasteiger partial charge in [-0.2, -0.15) is 0 Å². The molecule has 1 spiro atoms. The van der Waals surface area contributed by atoms with E-state index in [1.54, 1.807) is 0 Å². The third-order valence-corrected chi connectivity index (χ3v) is 4.17. The van der Waals surface area contributed by atoms with Crippen molar-refractivity contribution in [1.82, 2.24) is 4.98 Å². The van der Waals surface area contributed by atoms with Crippen LogP contribution in [-0.2, 0) is 27.7 Å². The molecule has 3 nitrogen and oxygen atoms in total. The van der Waals surface area contributed by atoms with Crippen molar-refractivity contribution in [3.05, 3.63) is 29.1 Å². The molecule has 19 heavy (non-hydrogen) atoms. The summed E-state index contributed by atoms with van der Waals surface area (Å²) in [7, 11) is 0. The third kappa shape index (κ3) is 2.54. The second kappa shape index (κ2) is 4.57. The fourth-order valence-electron chi connectivity index (χ4n) is 2.97. The highest BCUT2D eigenvalue weighted by Crippen LogP contribution is 2.35. The zero-order valence-electron chi connectivity index (χ0n) is 12.2. The molecule has 1 fully saturated rings. The fraction of sp³-hybridized carbons (Fsp3) is 0.688. The smallest absolute Gasteiger partial charge is 0.172 e. The second-order valence-electron chi connectivity index (χ2n) is 6.72. The molecule has 0 aromatic carbocycles. The molecule has 1 aromatic rings. The van der Waals surface area contributed by atoms with Crippen molar-refractivity contribution in [3.63, 3.8) is 0 Å². The van der Waals surface area contributed by atoms with Crippen molar-refractivity contribution < 1.29 is 9.47 Å². The number of rotatable bonds is 0. The number of aromatic nitrogens is 1. The van der Waals surface area contributed by atoms with Crippen LogP contribution in [0, 0.1) is 0 Å². The quantitative estimate of drug-likeness (QED) is 0.719. The molecule has 0 bridgehead atoms. The number of hydrogen-bond acceptors (Lipinski definition) is 3. The maximum atomic E-state index is 5.89. The zero-order valence-corrected chi connectivity index (χ0v) is 12.2. The molecule has 0 N–H and O–H groups in total. The maximum absolute atomic E-state index is 5.89. The first kappa shape index (κ1) is 13.1. The van der Waals surface area contributed by atoms with Crippen molar-refractivity contribution in [2.24, 2.45) is 0 Å². The normalized spacial score (nSPS) is 22.3. The number of nitrogens with zero attached hydrogens (tertiary/aromatic N) is 1. The predicted octanol–water partition coefficient (Wildman–Crippen LogP) is 3.00. The first-order valence-corrected chi connectivity index (χ1v) is 7.25. The Morgan fingerprint density at radius 1 is 1.21 bits per heavy atom. The number of hydrogen-bond donors (Lipinski definition) is 0. The summed E-state index contributed by atoms with van der Waals surface area (Å²) in [6, 6.07) is 2.31. The molecule has 2 aliphatic rings. The molecule has 1 aromatic heterocycles. The van der Waals surface area contributed by atoms with E-state index in [0.717, 1.165) is 38.9 Å². The average Bonchev–Trinajstić information content (AvgIpc) is 2.70. The molecule has 0 radical (unpaired) electrons. The molecule has 0 atom stereocenters. The standard InChI is InChI=1S/C16H23NO2/c1-15(2,3)13-9-12-10-16(18-7-8-19-16)6-4-5-14(12)17-11-13/h9,11H,4-8,10H2,1-3H3. The monoisotopic (exact) mass is 261 g/mol. The van der Waals surface area contributed by atoms with Crippen LogP contribution in [0.25, 0.3) is 0 Å². The Labute approximate surface area is 115 Å². The van der Waals surface area contributed by atoms with Gasteiger partial charge in [-0.05, 0) is 29.4 Å². The molecule has 0 unspecified atom stereocenters. The Hall–Kier alpha value is -0.930. The first-order chi connectivity index (χ1) is 8.99. The van der Waals surface area contributed by atoms with Crippen LogP contribution in [0.15, 0.2) is 12.3 Å². The molecule has 3 heteroatoms. The molecule has 1 saturated heterocycles. The summed E-state index contributed by atoms with van der Waals surface area (Å²) in [5, 5.41) is 0. The largest absolute Gasteiger partial charge is 0.347 e. The van der Waals surface area contributed by atoms with Crippen LogP contribution in [0.2, 0.25) is 0 Å². The summed E-state index contributed by atoms with van der Waals surface area (Å²) in [4.78, 5) is 4.69. The molecule has 1 aliphatic heterocycles. The minimum Gasteiger partial charge on any atom is -0.347 e. The van der Waals surface area contributed by atoms with E-state index in [9.17, 15) is 0 Å². The third-order valence-electron chi connectivity index (χ3n) is 4.17. The van der Waals surface area contributed by atoms with E-state index in [2.05, 4.69) is 31.8 Å². The highest BCUT2D eigenvalue weighted by Gasteiger charge is 2.38. The Bertz CT molecular complexity index is 470. The Morgan fingerprint density at radius 3 is 2.63 bits per heavy atom. The molecular formula is C16H23NO2. The van der Waals surface area contributed by atoms with Crippen LogP contribution in [0.1, 0.15) is 50.4 Å². The van der Waals surface area contributed by atoms with Crippen LogP contribution in [0.4, 0.5) is 0 Å². The van der Waals surface area contributed by atoms with Crippen molar-refractivity contribution >= 4 is 0 Å². The summed E-state index contributed by atoms with van der Waals surface area (Å²) in [6.45, 7) is 8.13. The maximum Gasteiger partial charge on any atom is 0.172 e. The van der Waals surface area contributed by atoms with Gasteiger partial charge < -0.3 is 9.47 Å². The van der Waals surface area contributed by atoms with E-state index in [-0.39, 0.29) is 11.2 Å². The SMILES string of the molecule is CC(C)(C)c1cnc2c(c1)CC1(CCC2)OCCO1. The van der Waals surface area contributed by atoms with Crippen molar-refractivity contribution in [1.29, 1.82) is 0 Å². The predicted molar refractivity (Wildman–Crippen MR) is 74.2 cm³/mol. The summed E-state index contributed by atoms with van der Waals surface area (Å²) in [5.74, 6) is -0.372. The van der Waals surface area contributed by atoms with Crippen molar-refractivity contribution in [2.75, 3.05) is 13.2 Å². The molecule has 0 saturated carbocycles. The van der Waals surface area contributed by atoms with Crippen molar-refractivity contribution in [2.45, 2.75) is 57.7 Å². The van der Waals surface area contributed by atoms with Crippen LogP contribution in [0.3, 0.4) is 0 Å². The molecule has 1 aliphatic carbocycles. The number of aryl methyl sites for hydroxylation is 1. The zero-order chi connectivity index (χ0) is 13.5. The van der Waals surface area contributed by atoms with E-state index in [0.29, 0.717) is 0 Å². The van der Waals surface area contributed by atoms with Crippen LogP contribution < -0.4 is 0 Å². The van der Waals surface area contributed by atoms with E-state index >= 15 is 0 Å². The van der Waals surface area contributed by atoms with Gasteiger partial charge in [-0.25, -0.2) is 0 Å². The minimum absolute atomic E-state index is 0.138. The van der Waals surface area contributed by atoms with Gasteiger partial charge in [0.2, 0.25) is 0 Å². The summed E-state index contributed by atoms with van der Waals surface area (Å²) < 4.78 is 11.8. The van der Waals surface area contributed by atoms with E-state index in [4.69, 9.17) is 9.47 Å². The van der Waals surface area contributed by atoms with Gasteiger partial charge in [-0.1, -0.05) is 26.8 Å². The lowest BCUT2D eigenvalue weighted by Gasteiger charge is -2.26. The van der Waals surface area contributed by atoms with Gasteiger partial charge in [0, 0.05) is 24.7 Å².